The monoisotopic (exact) mass is 413 g/mol. The third-order valence-corrected chi connectivity index (χ3v) is 7.15. The molecule has 2 saturated carbocycles. The number of amides is 1. The van der Waals surface area contributed by atoms with Gasteiger partial charge in [0, 0.05) is 10.9 Å². The number of carboxylic acids is 1. The summed E-state index contributed by atoms with van der Waals surface area (Å²) in [6, 6.07) is 7.76. The number of benzene rings is 1. The molecule has 0 spiro atoms. The molecule has 2 aliphatic carbocycles. The van der Waals surface area contributed by atoms with E-state index in [4.69, 9.17) is 4.74 Å². The Morgan fingerprint density at radius 3 is 2.55 bits per heavy atom. The number of carboxylic acid groups (broad SMARTS) is 1. The predicted octanol–water partition coefficient (Wildman–Crippen LogP) is 4.20. The van der Waals surface area contributed by atoms with Crippen LogP contribution in [-0.2, 0) is 14.3 Å². The fourth-order valence-corrected chi connectivity index (χ4v) is 5.96. The lowest BCUT2D eigenvalue weighted by Gasteiger charge is -2.26. The Hall–Kier alpha value is -2.67. The van der Waals surface area contributed by atoms with Gasteiger partial charge < -0.3 is 15.2 Å². The van der Waals surface area contributed by atoms with E-state index in [9.17, 15) is 19.5 Å². The van der Waals surface area contributed by atoms with Crippen LogP contribution >= 0.6 is 11.3 Å². The maximum absolute atomic E-state index is 13.1. The average Bonchev–Trinajstić information content (AvgIpc) is 3.41. The Morgan fingerprint density at radius 2 is 1.90 bits per heavy atom. The highest BCUT2D eigenvalue weighted by Crippen LogP contribution is 2.53. The van der Waals surface area contributed by atoms with Gasteiger partial charge in [0.15, 0.2) is 0 Å². The summed E-state index contributed by atoms with van der Waals surface area (Å²) >= 11 is 1.26. The molecular weight excluding hydrogens is 390 g/mol. The zero-order valence-corrected chi connectivity index (χ0v) is 17.1. The van der Waals surface area contributed by atoms with Crippen molar-refractivity contribution >= 4 is 34.2 Å². The third-order valence-electron chi connectivity index (χ3n) is 6.25. The smallest absolute Gasteiger partial charge is 0.341 e. The average molecular weight is 413 g/mol. The first-order valence-electron chi connectivity index (χ1n) is 9.71. The van der Waals surface area contributed by atoms with Gasteiger partial charge in [0.2, 0.25) is 5.91 Å². The number of thiophene rings is 1. The van der Waals surface area contributed by atoms with Gasteiger partial charge in [-0.2, -0.15) is 0 Å². The first-order chi connectivity index (χ1) is 13.9. The molecule has 0 aliphatic heterocycles. The van der Waals surface area contributed by atoms with Crippen molar-refractivity contribution in [3.63, 3.8) is 0 Å². The number of rotatable bonds is 5. The SMILES string of the molecule is COC(=O)c1c(-c2cccc(C)c2)csc1NC(=O)[C@@H]1[C@@H]2CC[C@@H](C2)[C@@H]1C(=O)O. The quantitative estimate of drug-likeness (QED) is 0.717. The second-order valence-corrected chi connectivity index (χ2v) is 8.81. The van der Waals surface area contributed by atoms with E-state index in [0.29, 0.717) is 16.1 Å². The van der Waals surface area contributed by atoms with Crippen LogP contribution < -0.4 is 5.32 Å². The number of methoxy groups -OCH3 is 1. The van der Waals surface area contributed by atoms with Gasteiger partial charge in [0.05, 0.1) is 18.9 Å². The zero-order chi connectivity index (χ0) is 20.7. The topological polar surface area (TPSA) is 92.7 Å². The highest BCUT2D eigenvalue weighted by atomic mass is 32.1. The Labute approximate surface area is 172 Å². The van der Waals surface area contributed by atoms with E-state index in [0.717, 1.165) is 30.4 Å². The summed E-state index contributed by atoms with van der Waals surface area (Å²) in [4.78, 5) is 37.3. The van der Waals surface area contributed by atoms with Gasteiger partial charge in [-0.1, -0.05) is 29.8 Å². The fourth-order valence-electron chi connectivity index (χ4n) is 5.00. The number of nitrogens with one attached hydrogen (secondary N) is 1. The molecular formula is C22H23NO5S. The Balaban J connectivity index is 1.66. The number of ether oxygens (including phenoxy) is 1. The van der Waals surface area contributed by atoms with Crippen LogP contribution in [0.1, 0.15) is 35.2 Å². The standard InChI is InChI=1S/C22H23NO5S/c1-11-4-3-5-12(8-11)15-10-29-20(18(15)22(27)28-2)23-19(24)16-13-6-7-14(9-13)17(16)21(25)26/h3-5,8,10,13-14,16-17H,6-7,9H2,1-2H3,(H,23,24)(H,25,26)/t13-,14+,16-,17+/m1/s1. The van der Waals surface area contributed by atoms with Crippen molar-refractivity contribution in [3.05, 3.63) is 40.8 Å². The highest BCUT2D eigenvalue weighted by molar-refractivity contribution is 7.15. The maximum atomic E-state index is 13.1. The summed E-state index contributed by atoms with van der Waals surface area (Å²) in [6.45, 7) is 1.97. The lowest BCUT2D eigenvalue weighted by Crippen LogP contribution is -2.37. The third kappa shape index (κ3) is 3.44. The van der Waals surface area contributed by atoms with Crippen molar-refractivity contribution in [2.75, 3.05) is 12.4 Å². The normalized spacial score (nSPS) is 25.0. The summed E-state index contributed by atoms with van der Waals surface area (Å²) in [7, 11) is 1.31. The molecule has 0 radical (unpaired) electrons. The number of carbonyl (C=O) groups is 3. The van der Waals surface area contributed by atoms with Crippen molar-refractivity contribution < 1.29 is 24.2 Å². The number of hydrogen-bond acceptors (Lipinski definition) is 5. The number of fused-ring (bicyclic) bond motifs is 2. The summed E-state index contributed by atoms with van der Waals surface area (Å²) in [5, 5.41) is 14.7. The second-order valence-electron chi connectivity index (χ2n) is 7.93. The fraction of sp³-hybridized carbons (Fsp3) is 0.409. The number of aryl methyl sites for hydroxylation is 1. The van der Waals surface area contributed by atoms with Crippen LogP contribution in [0.25, 0.3) is 11.1 Å². The van der Waals surface area contributed by atoms with E-state index in [1.807, 2.05) is 36.6 Å². The molecule has 1 aromatic carbocycles. The Bertz CT molecular complexity index is 981. The van der Waals surface area contributed by atoms with Crippen LogP contribution in [-0.4, -0.2) is 30.1 Å². The number of carbonyl (C=O) groups excluding carboxylic acids is 2. The van der Waals surface area contributed by atoms with Crippen LogP contribution in [0.5, 0.6) is 0 Å². The lowest BCUT2D eigenvalue weighted by molar-refractivity contribution is -0.148. The minimum atomic E-state index is -0.905. The van der Waals surface area contributed by atoms with E-state index < -0.39 is 23.8 Å². The van der Waals surface area contributed by atoms with E-state index in [2.05, 4.69) is 5.32 Å². The van der Waals surface area contributed by atoms with Crippen LogP contribution in [0.2, 0.25) is 0 Å². The molecule has 1 heterocycles. The molecule has 2 N–H and O–H groups in total. The molecule has 2 fully saturated rings. The molecule has 2 aliphatic rings. The molecule has 1 aromatic heterocycles. The van der Waals surface area contributed by atoms with Crippen LogP contribution in [0, 0.1) is 30.6 Å². The van der Waals surface area contributed by atoms with E-state index in [1.165, 1.54) is 18.4 Å². The van der Waals surface area contributed by atoms with E-state index in [1.54, 1.807) is 0 Å². The molecule has 4 rings (SSSR count). The summed E-state index contributed by atoms with van der Waals surface area (Å²) in [6.07, 6.45) is 2.54. The molecule has 6 nitrogen and oxygen atoms in total. The summed E-state index contributed by atoms with van der Waals surface area (Å²) < 4.78 is 4.97. The number of esters is 1. The van der Waals surface area contributed by atoms with Gasteiger partial charge >= 0.3 is 11.9 Å². The van der Waals surface area contributed by atoms with Crippen molar-refractivity contribution in [1.82, 2.24) is 0 Å². The van der Waals surface area contributed by atoms with Crippen LogP contribution in [0.4, 0.5) is 5.00 Å². The van der Waals surface area contributed by atoms with Crippen LogP contribution in [0.3, 0.4) is 0 Å². The van der Waals surface area contributed by atoms with Crippen molar-refractivity contribution in [2.24, 2.45) is 23.7 Å². The van der Waals surface area contributed by atoms with Gasteiger partial charge in [-0.15, -0.1) is 11.3 Å². The molecule has 2 bridgehead atoms. The van der Waals surface area contributed by atoms with E-state index >= 15 is 0 Å². The molecule has 2 aromatic rings. The largest absolute Gasteiger partial charge is 0.481 e. The molecule has 0 saturated heterocycles. The van der Waals surface area contributed by atoms with Gasteiger partial charge in [-0.05, 0) is 43.6 Å². The molecule has 152 valence electrons. The van der Waals surface area contributed by atoms with Gasteiger partial charge in [-0.25, -0.2) is 4.79 Å². The molecule has 4 atom stereocenters. The Kier molecular flexibility index (Phi) is 5.17. The second kappa shape index (κ2) is 7.63. The van der Waals surface area contributed by atoms with Crippen LogP contribution in [0.15, 0.2) is 29.6 Å². The zero-order valence-electron chi connectivity index (χ0n) is 16.3. The van der Waals surface area contributed by atoms with Gasteiger partial charge in [0.25, 0.3) is 0 Å². The van der Waals surface area contributed by atoms with Gasteiger partial charge in [-0.3, -0.25) is 9.59 Å². The highest BCUT2D eigenvalue weighted by Gasteiger charge is 2.54. The molecule has 29 heavy (non-hydrogen) atoms. The van der Waals surface area contributed by atoms with Crippen molar-refractivity contribution in [3.8, 4) is 11.1 Å². The first-order valence-corrected chi connectivity index (χ1v) is 10.6. The minimum absolute atomic E-state index is 0.0690. The summed E-state index contributed by atoms with van der Waals surface area (Å²) in [5.41, 5.74) is 2.93. The predicted molar refractivity (Wildman–Crippen MR) is 110 cm³/mol. The molecule has 7 heteroatoms. The van der Waals surface area contributed by atoms with Crippen molar-refractivity contribution in [1.29, 1.82) is 0 Å². The van der Waals surface area contributed by atoms with E-state index in [-0.39, 0.29) is 17.7 Å². The molecule has 0 unspecified atom stereocenters. The number of hydrogen-bond donors (Lipinski definition) is 2. The lowest BCUT2D eigenvalue weighted by atomic mass is 9.78. The number of aliphatic carboxylic acids is 1. The number of anilines is 1. The Morgan fingerprint density at radius 1 is 1.17 bits per heavy atom. The minimum Gasteiger partial charge on any atom is -0.481 e. The van der Waals surface area contributed by atoms with Gasteiger partial charge in [0.1, 0.15) is 10.6 Å². The maximum Gasteiger partial charge on any atom is 0.341 e. The van der Waals surface area contributed by atoms with Crippen molar-refractivity contribution in [2.45, 2.75) is 26.2 Å². The first kappa shape index (κ1) is 19.6. The molecule has 1 amide bonds. The summed E-state index contributed by atoms with van der Waals surface area (Å²) in [5.74, 6) is -2.78.